The van der Waals surface area contributed by atoms with Gasteiger partial charge < -0.3 is 10.1 Å². The molecule has 0 spiro atoms. The van der Waals surface area contributed by atoms with E-state index in [0.717, 1.165) is 5.56 Å². The van der Waals surface area contributed by atoms with E-state index in [4.69, 9.17) is 4.74 Å². The second kappa shape index (κ2) is 10.1. The van der Waals surface area contributed by atoms with Crippen LogP contribution in [0.25, 0.3) is 0 Å². The van der Waals surface area contributed by atoms with Crippen LogP contribution < -0.4 is 10.1 Å². The predicted molar refractivity (Wildman–Crippen MR) is 101 cm³/mol. The fourth-order valence-electron chi connectivity index (χ4n) is 2.60. The molecule has 1 atom stereocenters. The van der Waals surface area contributed by atoms with Crippen molar-refractivity contribution in [2.45, 2.75) is 39.6 Å². The van der Waals surface area contributed by atoms with Gasteiger partial charge in [0.1, 0.15) is 23.8 Å². The number of halogens is 3. The zero-order chi connectivity index (χ0) is 22.3. The van der Waals surface area contributed by atoms with Crippen LogP contribution in [-0.2, 0) is 16.0 Å². The third kappa shape index (κ3) is 7.43. The van der Waals surface area contributed by atoms with E-state index in [1.54, 1.807) is 32.2 Å². The van der Waals surface area contributed by atoms with Crippen LogP contribution in [0.1, 0.15) is 47.2 Å². The van der Waals surface area contributed by atoms with Crippen molar-refractivity contribution in [2.75, 3.05) is 13.2 Å². The van der Waals surface area contributed by atoms with Crippen molar-refractivity contribution in [1.82, 2.24) is 15.3 Å². The minimum Gasteiger partial charge on any atom is -0.489 e. The number of ketones is 1. The first-order valence-electron chi connectivity index (χ1n) is 9.10. The van der Waals surface area contributed by atoms with Gasteiger partial charge in [0.15, 0.2) is 0 Å². The lowest BCUT2D eigenvalue weighted by molar-refractivity contribution is -0.325. The van der Waals surface area contributed by atoms with Crippen molar-refractivity contribution >= 4 is 11.7 Å². The third-order valence-corrected chi connectivity index (χ3v) is 4.02. The van der Waals surface area contributed by atoms with Crippen LogP contribution in [0.3, 0.4) is 0 Å². The predicted octanol–water partition coefficient (Wildman–Crippen LogP) is 3.32. The smallest absolute Gasteiger partial charge is 0.489 e. The third-order valence-electron chi connectivity index (χ3n) is 4.02. The Kier molecular flexibility index (Phi) is 7.87. The molecular formula is C20H22F3N3O4. The molecule has 2 aromatic rings. The summed E-state index contributed by atoms with van der Waals surface area (Å²) in [6, 6.07) is 4.62. The topological polar surface area (TPSA) is 90.4 Å². The van der Waals surface area contributed by atoms with Gasteiger partial charge in [-0.05, 0) is 50.1 Å². The molecule has 2 heterocycles. The van der Waals surface area contributed by atoms with E-state index in [9.17, 15) is 22.8 Å². The molecule has 10 heteroatoms. The largest absolute Gasteiger partial charge is 0.522 e. The van der Waals surface area contributed by atoms with E-state index < -0.39 is 18.9 Å². The Morgan fingerprint density at radius 1 is 1.20 bits per heavy atom. The fraction of sp³-hybridized carbons (Fsp3) is 0.400. The minimum atomic E-state index is -4.71. The van der Waals surface area contributed by atoms with E-state index in [1.165, 1.54) is 19.2 Å². The average Bonchev–Trinajstić information content (AvgIpc) is 2.65. The van der Waals surface area contributed by atoms with Gasteiger partial charge in [-0.15, -0.1) is 13.2 Å². The maximum absolute atomic E-state index is 12.5. The molecule has 162 valence electrons. The maximum Gasteiger partial charge on any atom is 0.522 e. The molecule has 1 unspecified atom stereocenters. The van der Waals surface area contributed by atoms with Crippen molar-refractivity contribution in [1.29, 1.82) is 0 Å². The van der Waals surface area contributed by atoms with Crippen molar-refractivity contribution in [3.8, 4) is 5.75 Å². The summed E-state index contributed by atoms with van der Waals surface area (Å²) in [6.07, 6.45) is -1.64. The van der Waals surface area contributed by atoms with Crippen LogP contribution in [0.2, 0.25) is 0 Å². The first kappa shape index (κ1) is 23.3. The molecule has 0 fully saturated rings. The van der Waals surface area contributed by atoms with Gasteiger partial charge in [-0.2, -0.15) is 0 Å². The van der Waals surface area contributed by atoms with Gasteiger partial charge in [0.05, 0.1) is 18.8 Å². The van der Waals surface area contributed by atoms with Crippen molar-refractivity contribution in [2.24, 2.45) is 0 Å². The molecule has 0 saturated carbocycles. The van der Waals surface area contributed by atoms with E-state index in [1.807, 2.05) is 0 Å². The number of Topliss-reactive ketones (excluding diaryl/α,β-unsaturated/α-hetero) is 1. The Labute approximate surface area is 171 Å². The van der Waals surface area contributed by atoms with Gasteiger partial charge in [-0.3, -0.25) is 19.3 Å². The molecule has 0 radical (unpaired) electrons. The zero-order valence-electron chi connectivity index (χ0n) is 16.7. The van der Waals surface area contributed by atoms with Crippen LogP contribution >= 0.6 is 0 Å². The van der Waals surface area contributed by atoms with Crippen LogP contribution in [-0.4, -0.2) is 41.2 Å². The first-order chi connectivity index (χ1) is 14.0. The molecule has 0 aromatic carbocycles. The SMILES string of the molecule is CC(=O)Cc1cc(C(C)NC(=O)c2cc(C)c(OCCOC(F)(F)F)cn2)ccn1. The highest BCUT2D eigenvalue weighted by atomic mass is 19.4. The van der Waals surface area contributed by atoms with Crippen molar-refractivity contribution in [3.05, 3.63) is 53.1 Å². The number of carbonyl (C=O) groups is 2. The summed E-state index contributed by atoms with van der Waals surface area (Å²) in [5.41, 5.74) is 2.08. The van der Waals surface area contributed by atoms with Gasteiger partial charge in [-0.1, -0.05) is 0 Å². The Bertz CT molecular complexity index is 903. The van der Waals surface area contributed by atoms with E-state index in [-0.39, 0.29) is 36.3 Å². The van der Waals surface area contributed by atoms with Gasteiger partial charge in [0.2, 0.25) is 0 Å². The number of hydrogen-bond donors (Lipinski definition) is 1. The molecule has 30 heavy (non-hydrogen) atoms. The molecule has 0 bridgehead atoms. The molecule has 0 aliphatic rings. The van der Waals surface area contributed by atoms with Crippen LogP contribution in [0.5, 0.6) is 5.75 Å². The molecule has 0 saturated heterocycles. The summed E-state index contributed by atoms with van der Waals surface area (Å²) in [4.78, 5) is 31.9. The molecule has 0 aliphatic heterocycles. The Hall–Kier alpha value is -3.01. The van der Waals surface area contributed by atoms with Crippen molar-refractivity contribution in [3.63, 3.8) is 0 Å². The highest BCUT2D eigenvalue weighted by Crippen LogP contribution is 2.19. The minimum absolute atomic E-state index is 0.0108. The Balaban J connectivity index is 1.97. The highest BCUT2D eigenvalue weighted by Gasteiger charge is 2.28. The number of nitrogens with zero attached hydrogens (tertiary/aromatic N) is 2. The lowest BCUT2D eigenvalue weighted by Crippen LogP contribution is -2.27. The number of aryl methyl sites for hydroxylation is 1. The van der Waals surface area contributed by atoms with Gasteiger partial charge in [0.25, 0.3) is 5.91 Å². The number of pyridine rings is 2. The van der Waals surface area contributed by atoms with E-state index in [2.05, 4.69) is 20.0 Å². The summed E-state index contributed by atoms with van der Waals surface area (Å²) in [7, 11) is 0. The molecule has 2 rings (SSSR count). The number of carbonyl (C=O) groups excluding carboxylic acids is 2. The second-order valence-corrected chi connectivity index (χ2v) is 6.63. The summed E-state index contributed by atoms with van der Waals surface area (Å²) < 4.78 is 44.7. The number of hydrogen-bond acceptors (Lipinski definition) is 6. The van der Waals surface area contributed by atoms with E-state index in [0.29, 0.717) is 11.3 Å². The van der Waals surface area contributed by atoms with Crippen molar-refractivity contribution < 1.29 is 32.2 Å². The number of rotatable bonds is 9. The second-order valence-electron chi connectivity index (χ2n) is 6.63. The number of ether oxygens (including phenoxy) is 2. The van der Waals surface area contributed by atoms with Crippen LogP contribution in [0, 0.1) is 6.92 Å². The van der Waals surface area contributed by atoms with Crippen LogP contribution in [0.4, 0.5) is 13.2 Å². The number of nitrogens with one attached hydrogen (secondary N) is 1. The number of aromatic nitrogens is 2. The number of amides is 1. The molecule has 2 aromatic heterocycles. The maximum atomic E-state index is 12.5. The van der Waals surface area contributed by atoms with Gasteiger partial charge in [-0.25, -0.2) is 4.98 Å². The first-order valence-corrected chi connectivity index (χ1v) is 9.10. The van der Waals surface area contributed by atoms with Gasteiger partial charge in [0, 0.05) is 18.3 Å². The molecule has 0 aliphatic carbocycles. The highest BCUT2D eigenvalue weighted by molar-refractivity contribution is 5.92. The summed E-state index contributed by atoms with van der Waals surface area (Å²) in [5.74, 6) is -0.181. The number of alkyl halides is 3. The summed E-state index contributed by atoms with van der Waals surface area (Å²) in [5, 5.41) is 2.81. The lowest BCUT2D eigenvalue weighted by atomic mass is 10.1. The Morgan fingerprint density at radius 2 is 1.93 bits per heavy atom. The molecule has 1 N–H and O–H groups in total. The summed E-state index contributed by atoms with van der Waals surface area (Å²) >= 11 is 0. The fourth-order valence-corrected chi connectivity index (χ4v) is 2.60. The average molecular weight is 425 g/mol. The quantitative estimate of drug-likeness (QED) is 0.620. The zero-order valence-corrected chi connectivity index (χ0v) is 16.7. The monoisotopic (exact) mass is 425 g/mol. The van der Waals surface area contributed by atoms with Gasteiger partial charge >= 0.3 is 6.36 Å². The standard InChI is InChI=1S/C20H22F3N3O4/c1-12-8-17(25-11-18(12)29-6-7-30-20(21,22)23)19(28)26-14(3)15-4-5-24-16(10-15)9-13(2)27/h4-5,8,10-11,14H,6-7,9H2,1-3H3,(H,26,28). The lowest BCUT2D eigenvalue weighted by Gasteiger charge is -2.15. The normalized spacial score (nSPS) is 12.3. The molecule has 1 amide bonds. The molecular weight excluding hydrogens is 403 g/mol. The summed E-state index contributed by atoms with van der Waals surface area (Å²) in [6.45, 7) is 3.95. The Morgan fingerprint density at radius 3 is 2.57 bits per heavy atom. The van der Waals surface area contributed by atoms with E-state index >= 15 is 0 Å². The molecule has 7 nitrogen and oxygen atoms in total. The van der Waals surface area contributed by atoms with Crippen LogP contribution in [0.15, 0.2) is 30.6 Å².